The molecule has 0 aromatic heterocycles. The number of benzene rings is 16. The van der Waals surface area contributed by atoms with Crippen LogP contribution in [0.1, 0.15) is 55.6 Å². The molecule has 2 aliphatic rings. The maximum Gasteiger partial charge on any atom is 0.0540 e. The van der Waals surface area contributed by atoms with Crippen LogP contribution in [0.5, 0.6) is 0 Å². The van der Waals surface area contributed by atoms with Crippen LogP contribution >= 0.6 is 0 Å². The maximum atomic E-state index is 4.10. The van der Waals surface area contributed by atoms with E-state index in [-0.39, 0.29) is 0 Å². The van der Waals surface area contributed by atoms with Gasteiger partial charge in [-0.25, -0.2) is 0 Å². The lowest BCUT2D eigenvalue weighted by atomic mass is 9.68. The van der Waals surface area contributed by atoms with Crippen LogP contribution in [0.4, 0.5) is 34.1 Å². The van der Waals surface area contributed by atoms with Crippen molar-refractivity contribution in [1.29, 1.82) is 0 Å². The number of fused-ring (bicyclic) bond motifs is 8. The Morgan fingerprint density at radius 2 is 0.539 bits per heavy atom. The summed E-state index contributed by atoms with van der Waals surface area (Å²) in [7, 11) is 0. The van der Waals surface area contributed by atoms with Crippen molar-refractivity contribution in [2.75, 3.05) is 9.80 Å². The smallest absolute Gasteiger partial charge is 0.0540 e. The zero-order valence-electron chi connectivity index (χ0n) is 56.7. The average Bonchev–Trinajstić information content (AvgIpc) is 1.53. The van der Waals surface area contributed by atoms with Gasteiger partial charge in [0.25, 0.3) is 0 Å². The summed E-state index contributed by atoms with van der Waals surface area (Å²) >= 11 is 0. The zero-order chi connectivity index (χ0) is 68.1. The van der Waals surface area contributed by atoms with E-state index in [1.165, 1.54) is 89.0 Å². The number of hydrogen-bond acceptors (Lipinski definition) is 2. The van der Waals surface area contributed by atoms with Gasteiger partial charge in [-0.05, 0) is 196 Å². The predicted octanol–water partition coefficient (Wildman–Crippen LogP) is 26.3. The molecule has 0 radical (unpaired) electrons. The molecule has 2 atom stereocenters. The first kappa shape index (κ1) is 61.5. The number of hydrogen-bond donors (Lipinski definition) is 0. The Labute approximate surface area is 598 Å². The van der Waals surface area contributed by atoms with Crippen LogP contribution in [-0.4, -0.2) is 0 Å². The Morgan fingerprint density at radius 1 is 0.235 bits per heavy atom. The van der Waals surface area contributed by atoms with Crippen molar-refractivity contribution >= 4 is 67.8 Å². The predicted molar refractivity (Wildman–Crippen MR) is 431 cm³/mol. The molecule has 0 saturated carbocycles. The van der Waals surface area contributed by atoms with Gasteiger partial charge < -0.3 is 9.80 Å². The molecule has 482 valence electrons. The average molecular weight is 1300 g/mol. The molecule has 2 aliphatic carbocycles. The summed E-state index contributed by atoms with van der Waals surface area (Å²) in [6, 6.07) is 140. The molecular formula is C100H72N2. The SMILES string of the molecule is C=Cc1ccc(CC2(c3ccccc3)c3ccccc3-c3ccc(N(c4ccc(-c5ccccc5)cc4)c4ccc(-c5ccc(N(c6ccc(-c7ccccc7)cc6)c6ccc7c(c6)C(Cc6ccc(C=C)cc6)(c6ccccc6)c6ccccc6-7)c6ccccc56)c5ccccc45)cc32)cc1. The fourth-order valence-electron chi connectivity index (χ4n) is 16.9. The third-order valence-corrected chi connectivity index (χ3v) is 21.7. The Kier molecular flexibility index (Phi) is 15.5. The Balaban J connectivity index is 0.811. The Morgan fingerprint density at radius 3 is 0.922 bits per heavy atom. The molecule has 102 heavy (non-hydrogen) atoms. The van der Waals surface area contributed by atoms with E-state index < -0.39 is 10.8 Å². The highest BCUT2D eigenvalue weighted by atomic mass is 15.2. The molecule has 2 unspecified atom stereocenters. The molecular weight excluding hydrogens is 1230 g/mol. The van der Waals surface area contributed by atoms with E-state index in [2.05, 4.69) is 399 Å². The third-order valence-electron chi connectivity index (χ3n) is 21.7. The lowest BCUT2D eigenvalue weighted by molar-refractivity contribution is 0.629. The molecule has 0 fully saturated rings. The first-order chi connectivity index (χ1) is 50.4. The van der Waals surface area contributed by atoms with Crippen molar-refractivity contribution < 1.29 is 0 Å². The minimum atomic E-state index is -0.500. The van der Waals surface area contributed by atoms with Crippen molar-refractivity contribution in [2.45, 2.75) is 23.7 Å². The molecule has 16 aromatic carbocycles. The highest BCUT2D eigenvalue weighted by Crippen LogP contribution is 2.59. The van der Waals surface area contributed by atoms with Crippen LogP contribution in [0.15, 0.2) is 389 Å². The summed E-state index contributed by atoms with van der Waals surface area (Å²) in [6.07, 6.45) is 5.41. The molecule has 0 N–H and O–H groups in total. The minimum absolute atomic E-state index is 0.500. The Bertz CT molecular complexity index is 5460. The van der Waals surface area contributed by atoms with Crippen LogP contribution in [0.3, 0.4) is 0 Å². The highest BCUT2D eigenvalue weighted by Gasteiger charge is 2.47. The normalized spacial score (nSPS) is 14.7. The van der Waals surface area contributed by atoms with E-state index in [1.807, 2.05) is 12.2 Å². The van der Waals surface area contributed by atoms with E-state index in [1.54, 1.807) is 0 Å². The third kappa shape index (κ3) is 10.4. The van der Waals surface area contributed by atoms with Crippen LogP contribution in [0, 0.1) is 0 Å². The molecule has 0 saturated heterocycles. The van der Waals surface area contributed by atoms with Gasteiger partial charge in [-0.15, -0.1) is 0 Å². The number of anilines is 6. The van der Waals surface area contributed by atoms with Crippen molar-refractivity contribution in [1.82, 2.24) is 0 Å². The van der Waals surface area contributed by atoms with Gasteiger partial charge in [0, 0.05) is 33.5 Å². The van der Waals surface area contributed by atoms with Crippen LogP contribution in [0.2, 0.25) is 0 Å². The van der Waals surface area contributed by atoms with Crippen LogP contribution in [0.25, 0.3) is 89.3 Å². The van der Waals surface area contributed by atoms with Gasteiger partial charge in [-0.2, -0.15) is 0 Å². The molecule has 18 rings (SSSR count). The van der Waals surface area contributed by atoms with E-state index in [0.717, 1.165) is 90.8 Å². The molecule has 0 aliphatic heterocycles. The molecule has 2 heteroatoms. The quantitative estimate of drug-likeness (QED) is 0.0896. The first-order valence-electron chi connectivity index (χ1n) is 35.4. The summed E-state index contributed by atoms with van der Waals surface area (Å²) in [4.78, 5) is 5.00. The summed E-state index contributed by atoms with van der Waals surface area (Å²) < 4.78 is 0. The molecule has 16 aromatic rings. The summed E-state index contributed by atoms with van der Waals surface area (Å²) in [5, 5.41) is 4.62. The largest absolute Gasteiger partial charge is 0.310 e. The van der Waals surface area contributed by atoms with E-state index in [4.69, 9.17) is 0 Å². The number of nitrogens with zero attached hydrogens (tertiary/aromatic N) is 2. The van der Waals surface area contributed by atoms with Gasteiger partial charge in [-0.1, -0.05) is 341 Å². The molecule has 2 nitrogen and oxygen atoms in total. The van der Waals surface area contributed by atoms with Crippen LogP contribution < -0.4 is 9.80 Å². The molecule has 0 heterocycles. The fourth-order valence-corrected chi connectivity index (χ4v) is 16.9. The monoisotopic (exact) mass is 1300 g/mol. The lowest BCUT2D eigenvalue weighted by Crippen LogP contribution is -2.30. The van der Waals surface area contributed by atoms with Gasteiger partial charge in [0.15, 0.2) is 0 Å². The van der Waals surface area contributed by atoms with Gasteiger partial charge in [-0.3, -0.25) is 0 Å². The standard InChI is InChI=1S/C100H72N2/c1-3-69-41-45-71(46-42-69)67-99(77-29-13-7-14-30-77)93-39-23-21-35-87(93)89-59-57-81(65-95(89)99)101(79-53-49-75(50-54-79)73-25-9-5-10-26-73)97-63-61-85(83-33-17-19-37-91(83)97)86-62-64-98(92-38-20-18-34-84(86)92)102(80-55-51-76(52-56-80)74-27-11-6-12-28-74)82-58-60-90-88-36-22-24-40-94(88)100(96(90)66-82,78-31-15-8-16-32-78)68-72-47-43-70(4-2)44-48-72/h3-66H,1-2,67-68H2. The minimum Gasteiger partial charge on any atom is -0.310 e. The van der Waals surface area contributed by atoms with E-state index in [9.17, 15) is 0 Å². The van der Waals surface area contributed by atoms with Crippen molar-refractivity contribution in [2.24, 2.45) is 0 Å². The van der Waals surface area contributed by atoms with Crippen molar-refractivity contribution in [3.05, 3.63) is 445 Å². The molecule has 0 spiro atoms. The Hall–Kier alpha value is -12.9. The summed E-state index contributed by atoms with van der Waals surface area (Å²) in [5.41, 5.74) is 30.0. The second-order valence-electron chi connectivity index (χ2n) is 27.2. The summed E-state index contributed by atoms with van der Waals surface area (Å²) in [5.74, 6) is 0. The topological polar surface area (TPSA) is 6.48 Å². The fraction of sp³-hybridized carbons (Fsp3) is 0.0400. The number of rotatable bonds is 17. The second-order valence-corrected chi connectivity index (χ2v) is 27.2. The summed E-state index contributed by atoms with van der Waals surface area (Å²) in [6.45, 7) is 8.19. The zero-order valence-corrected chi connectivity index (χ0v) is 56.7. The second kappa shape index (κ2) is 25.8. The molecule has 0 bridgehead atoms. The van der Waals surface area contributed by atoms with Gasteiger partial charge >= 0.3 is 0 Å². The first-order valence-corrected chi connectivity index (χ1v) is 35.4. The molecule has 0 amide bonds. The van der Waals surface area contributed by atoms with E-state index >= 15 is 0 Å². The highest BCUT2D eigenvalue weighted by molar-refractivity contribution is 6.13. The van der Waals surface area contributed by atoms with Gasteiger partial charge in [0.1, 0.15) is 0 Å². The van der Waals surface area contributed by atoms with Crippen molar-refractivity contribution in [3.63, 3.8) is 0 Å². The maximum absolute atomic E-state index is 4.10. The van der Waals surface area contributed by atoms with Crippen LogP contribution in [-0.2, 0) is 23.7 Å². The van der Waals surface area contributed by atoms with Gasteiger partial charge in [0.2, 0.25) is 0 Å². The lowest BCUT2D eigenvalue weighted by Gasteiger charge is -2.35. The van der Waals surface area contributed by atoms with Crippen molar-refractivity contribution in [3.8, 4) is 55.6 Å². The van der Waals surface area contributed by atoms with Gasteiger partial charge in [0.05, 0.1) is 22.2 Å². The van der Waals surface area contributed by atoms with E-state index in [0.29, 0.717) is 0 Å².